The number of fused-ring (bicyclic) bond motifs is 2. The largest absolute Gasteiger partial charge is 2.00 e. The fourth-order valence-corrected chi connectivity index (χ4v) is 6.61. The molecule has 3 heterocycles. The number of hydrogen-bond acceptors (Lipinski definition) is 10. The van der Waals surface area contributed by atoms with Gasteiger partial charge in [0.25, 0.3) is 20.0 Å². The second-order valence-corrected chi connectivity index (χ2v) is 14.4. The van der Waals surface area contributed by atoms with Crippen LogP contribution in [-0.4, -0.2) is 83.8 Å². The number of Topliss-reactive ketones (excluding diaryl/α,β-unsaturated/α-hetero) is 1. The van der Waals surface area contributed by atoms with Crippen molar-refractivity contribution < 1.29 is 53.8 Å². The van der Waals surface area contributed by atoms with Gasteiger partial charge in [-0.2, -0.15) is 25.6 Å². The number of benzene rings is 2. The van der Waals surface area contributed by atoms with E-state index in [2.05, 4.69) is 51.8 Å². The number of ketones is 1. The molecule has 0 unspecified atom stereocenters. The number of nitrogens with zero attached hydrogens (tertiary/aromatic N) is 4. The maximum atomic E-state index is 11.1. The Morgan fingerprint density at radius 3 is 1.70 bits per heavy atom. The summed E-state index contributed by atoms with van der Waals surface area (Å²) in [5.41, 5.74) is 1.79. The summed E-state index contributed by atoms with van der Waals surface area (Å²) in [6.07, 6.45) is 3.47. The second kappa shape index (κ2) is 19.0. The summed E-state index contributed by atoms with van der Waals surface area (Å²) < 4.78 is 50.3. The Balaban J connectivity index is 0.000000616. The fourth-order valence-electron chi connectivity index (χ4n) is 4.41. The zero-order valence-electron chi connectivity index (χ0n) is 26.9. The monoisotopic (exact) mass is 724 g/mol. The topological polar surface area (TPSA) is 217 Å². The molecule has 46 heavy (non-hydrogen) atoms. The van der Waals surface area contributed by atoms with Gasteiger partial charge in [0.2, 0.25) is 0 Å². The first-order valence-electron chi connectivity index (χ1n) is 14.1. The standard InChI is InChI=1S/C13H27N3.2C7H5NO3S.C3H6O.Ni.H2O/c1-12-11-13(2,3)15-8-6-10-16(4)9-5-7-14-12;2*9-7-5-3-1-2-4-6(5)12(10,11)8-7;1-3(2)4;;/h15H,5-11H2,1-4H3;2*1-4H,(H,8,9);1-2H3;;1H2/q;;;;+2;/p-1. The van der Waals surface area contributed by atoms with Crippen molar-refractivity contribution in [1.29, 1.82) is 0 Å². The molecule has 0 amide bonds. The molecule has 3 aliphatic heterocycles. The Labute approximate surface area is 282 Å². The molecule has 0 aliphatic carbocycles. The third-order valence-electron chi connectivity index (χ3n) is 6.29. The van der Waals surface area contributed by atoms with Gasteiger partial charge >= 0.3 is 16.5 Å². The van der Waals surface area contributed by atoms with Gasteiger partial charge in [0.1, 0.15) is 5.78 Å². The van der Waals surface area contributed by atoms with E-state index in [4.69, 9.17) is 0 Å². The molecule has 0 bridgehead atoms. The van der Waals surface area contributed by atoms with Gasteiger partial charge in [0, 0.05) is 47.1 Å². The summed E-state index contributed by atoms with van der Waals surface area (Å²) in [4.78, 5) is 16.5. The van der Waals surface area contributed by atoms with Crippen LogP contribution in [0.25, 0.3) is 0 Å². The van der Waals surface area contributed by atoms with Crippen LogP contribution in [-0.2, 0) is 46.8 Å². The van der Waals surface area contributed by atoms with E-state index < -0.39 is 31.8 Å². The minimum absolute atomic E-state index is 0. The molecule has 0 atom stereocenters. The van der Waals surface area contributed by atoms with E-state index in [-0.39, 0.29) is 54.2 Å². The molecule has 0 saturated heterocycles. The molecule has 0 fully saturated rings. The predicted octanol–water partition coefficient (Wildman–Crippen LogP) is 0.594. The number of nitrogens with one attached hydrogen (secondary N) is 1. The van der Waals surface area contributed by atoms with Crippen molar-refractivity contribution >= 4 is 43.3 Å². The number of carbonyl (C=O) groups is 1. The van der Waals surface area contributed by atoms with Gasteiger partial charge in [-0.1, -0.05) is 36.4 Å². The molecule has 258 valence electrons. The van der Waals surface area contributed by atoms with Gasteiger partial charge in [-0.3, -0.25) is 4.99 Å². The van der Waals surface area contributed by atoms with Gasteiger partial charge < -0.3 is 30.7 Å². The zero-order chi connectivity index (χ0) is 33.1. The summed E-state index contributed by atoms with van der Waals surface area (Å²) in [5.74, 6) is -1.18. The van der Waals surface area contributed by atoms with Crippen LogP contribution >= 0.6 is 0 Å². The minimum atomic E-state index is -3.68. The number of carbonyl (C=O) groups excluding carboxylic acids is 1. The van der Waals surface area contributed by atoms with Gasteiger partial charge in [-0.25, -0.2) is 0 Å². The molecule has 2 aromatic carbocycles. The average Bonchev–Trinajstić information content (AvgIpc) is 3.31. The van der Waals surface area contributed by atoms with Crippen molar-refractivity contribution in [3.63, 3.8) is 0 Å². The third kappa shape index (κ3) is 13.8. The van der Waals surface area contributed by atoms with Crippen molar-refractivity contribution in [2.45, 2.75) is 69.2 Å². The van der Waals surface area contributed by atoms with Crippen LogP contribution in [0.4, 0.5) is 0 Å². The number of aliphatic imine (C=N–C) groups is 1. The molecule has 0 aromatic heterocycles. The summed E-state index contributed by atoms with van der Waals surface area (Å²) >= 11 is 0. The van der Waals surface area contributed by atoms with Crippen LogP contribution in [0.2, 0.25) is 0 Å². The minimum Gasteiger partial charge on any atom is -0.858 e. The molecule has 3 aliphatic rings. The average molecular weight is 726 g/mol. The number of rotatable bonds is 0. The summed E-state index contributed by atoms with van der Waals surface area (Å²) in [6, 6.07) is 12.0. The van der Waals surface area contributed by atoms with Crippen LogP contribution in [0.3, 0.4) is 0 Å². The summed E-state index contributed by atoms with van der Waals surface area (Å²) in [6.45, 7) is 14.2. The van der Waals surface area contributed by atoms with E-state index in [0.717, 1.165) is 19.5 Å². The van der Waals surface area contributed by atoms with Gasteiger partial charge in [0.15, 0.2) is 0 Å². The molecule has 2 aromatic rings. The SMILES string of the molecule is CC(C)=O.CC1=NCCCN(C)CCCNC(C)(C)C1.O=S1(=O)N=C([O-])c2ccccc21.O=S1(=O)N=C([O-])c2ccccc21.[Ni+2].[OH3+]. The number of sulfonamides is 2. The molecule has 16 heteroatoms. The predicted molar refractivity (Wildman–Crippen MR) is 173 cm³/mol. The maximum Gasteiger partial charge on any atom is 2.00 e. The van der Waals surface area contributed by atoms with Crippen molar-refractivity contribution in [3.8, 4) is 0 Å². The quantitative estimate of drug-likeness (QED) is 0.297. The molecule has 0 spiro atoms. The van der Waals surface area contributed by atoms with E-state index in [1.165, 1.54) is 69.8 Å². The first-order chi connectivity index (χ1) is 20.4. The van der Waals surface area contributed by atoms with Crippen molar-refractivity contribution in [1.82, 2.24) is 10.2 Å². The van der Waals surface area contributed by atoms with Crippen molar-refractivity contribution in [2.75, 3.05) is 33.2 Å². The summed E-state index contributed by atoms with van der Waals surface area (Å²) in [5, 5.41) is 25.5. The molecule has 0 saturated carbocycles. The fraction of sp³-hybridized carbons (Fsp3) is 0.467. The van der Waals surface area contributed by atoms with Gasteiger partial charge in [-0.15, -0.1) is 0 Å². The molecule has 0 radical (unpaired) electrons. The summed E-state index contributed by atoms with van der Waals surface area (Å²) in [7, 11) is -5.16. The Bertz CT molecular complexity index is 1530. The van der Waals surface area contributed by atoms with E-state index >= 15 is 0 Å². The zero-order valence-corrected chi connectivity index (χ0v) is 29.5. The third-order valence-corrected chi connectivity index (χ3v) is 8.93. The first-order valence-corrected chi connectivity index (χ1v) is 17.0. The van der Waals surface area contributed by atoms with E-state index in [1.807, 2.05) is 0 Å². The van der Waals surface area contributed by atoms with Crippen LogP contribution in [0.15, 0.2) is 72.1 Å². The van der Waals surface area contributed by atoms with Gasteiger partial charge in [0.05, 0.1) is 9.79 Å². The smallest absolute Gasteiger partial charge is 0.858 e. The normalized spacial score (nSPS) is 19.0. The molecular formula is C30H44N5NiO8S2+. The van der Waals surface area contributed by atoms with E-state index in [1.54, 1.807) is 24.3 Å². The van der Waals surface area contributed by atoms with E-state index in [9.17, 15) is 31.8 Å². The van der Waals surface area contributed by atoms with Crippen molar-refractivity contribution in [2.24, 2.45) is 13.8 Å². The van der Waals surface area contributed by atoms with Crippen LogP contribution in [0, 0.1) is 0 Å². The second-order valence-electron chi connectivity index (χ2n) is 11.3. The first kappa shape index (κ1) is 43.0. The maximum absolute atomic E-state index is 11.1. The Hall–Kier alpha value is -3.01. The molecule has 13 nitrogen and oxygen atoms in total. The Morgan fingerprint density at radius 2 is 1.26 bits per heavy atom. The Kier molecular flexibility index (Phi) is 17.7. The Morgan fingerprint density at radius 1 is 0.848 bits per heavy atom. The molecule has 4 N–H and O–H groups in total. The van der Waals surface area contributed by atoms with Crippen LogP contribution < -0.4 is 15.5 Å². The van der Waals surface area contributed by atoms with Crippen LogP contribution in [0.1, 0.15) is 65.0 Å². The molecular weight excluding hydrogens is 681 g/mol. The molecule has 5 rings (SSSR count). The van der Waals surface area contributed by atoms with Gasteiger partial charge in [-0.05, 0) is 86.3 Å². The van der Waals surface area contributed by atoms with Crippen molar-refractivity contribution in [3.05, 3.63) is 59.7 Å². The van der Waals surface area contributed by atoms with Crippen LogP contribution in [0.5, 0.6) is 0 Å². The van der Waals surface area contributed by atoms with E-state index in [0.29, 0.717) is 0 Å². The number of hydrogen-bond donors (Lipinski definition) is 1.